The van der Waals surface area contributed by atoms with Gasteiger partial charge in [0.1, 0.15) is 0 Å². The van der Waals surface area contributed by atoms with Gasteiger partial charge in [-0.2, -0.15) is 0 Å². The predicted molar refractivity (Wildman–Crippen MR) is 99.1 cm³/mol. The van der Waals surface area contributed by atoms with E-state index >= 15 is 0 Å². The molecule has 1 heterocycles. The number of carbonyl (C=O) groups is 2. The van der Waals surface area contributed by atoms with Gasteiger partial charge in [0.15, 0.2) is 6.61 Å². The van der Waals surface area contributed by atoms with Crippen molar-refractivity contribution in [2.45, 2.75) is 32.2 Å². The summed E-state index contributed by atoms with van der Waals surface area (Å²) in [7, 11) is 0. The molecule has 138 valence electrons. The van der Waals surface area contributed by atoms with E-state index in [0.717, 1.165) is 17.9 Å². The monoisotopic (exact) mass is 376 g/mol. The summed E-state index contributed by atoms with van der Waals surface area (Å²) in [6, 6.07) is 5.89. The molecule has 0 amide bonds. The van der Waals surface area contributed by atoms with Crippen LogP contribution in [0, 0.1) is 24.0 Å². The SMILES string of the molecule is CCn1c(C)cc(C(=O)COC(=O)c2ccc(SC)c([N+](=O)[O-])c2)c1C. The van der Waals surface area contributed by atoms with Crippen LogP contribution in [-0.2, 0) is 11.3 Å². The van der Waals surface area contributed by atoms with Crippen molar-refractivity contribution in [2.75, 3.05) is 12.9 Å². The first-order chi connectivity index (χ1) is 12.3. The lowest BCUT2D eigenvalue weighted by Gasteiger charge is -2.07. The zero-order valence-corrected chi connectivity index (χ0v) is 15.9. The van der Waals surface area contributed by atoms with Gasteiger partial charge < -0.3 is 9.30 Å². The number of Topliss-reactive ketones (excluding diaryl/α,β-unsaturated/α-hetero) is 1. The number of benzene rings is 1. The number of rotatable bonds is 7. The van der Waals surface area contributed by atoms with Crippen LogP contribution in [0.2, 0.25) is 0 Å². The Morgan fingerprint density at radius 3 is 2.50 bits per heavy atom. The smallest absolute Gasteiger partial charge is 0.338 e. The van der Waals surface area contributed by atoms with Crippen molar-refractivity contribution >= 4 is 29.2 Å². The number of hydrogen-bond donors (Lipinski definition) is 0. The molecular formula is C18H20N2O5S. The summed E-state index contributed by atoms with van der Waals surface area (Å²) in [6.07, 6.45) is 1.71. The van der Waals surface area contributed by atoms with Gasteiger partial charge in [-0.25, -0.2) is 4.79 Å². The second kappa shape index (κ2) is 8.18. The molecular weight excluding hydrogens is 356 g/mol. The number of hydrogen-bond acceptors (Lipinski definition) is 6. The highest BCUT2D eigenvalue weighted by Gasteiger charge is 2.20. The Labute approximate surface area is 155 Å². The molecule has 0 saturated heterocycles. The number of nitrogens with zero attached hydrogens (tertiary/aromatic N) is 2. The Kier molecular flexibility index (Phi) is 6.20. The highest BCUT2D eigenvalue weighted by atomic mass is 32.2. The Balaban J connectivity index is 2.13. The average Bonchev–Trinajstić information content (AvgIpc) is 2.92. The number of aromatic nitrogens is 1. The summed E-state index contributed by atoms with van der Waals surface area (Å²) in [4.78, 5) is 35.5. The molecule has 0 N–H and O–H groups in total. The van der Waals surface area contributed by atoms with Crippen LogP contribution in [0.5, 0.6) is 0 Å². The van der Waals surface area contributed by atoms with Gasteiger partial charge in [-0.3, -0.25) is 14.9 Å². The number of nitro groups is 1. The van der Waals surface area contributed by atoms with Crippen LogP contribution in [0.3, 0.4) is 0 Å². The maximum Gasteiger partial charge on any atom is 0.338 e. The average molecular weight is 376 g/mol. The van der Waals surface area contributed by atoms with Crippen LogP contribution >= 0.6 is 11.8 Å². The van der Waals surface area contributed by atoms with Gasteiger partial charge in [0, 0.05) is 29.6 Å². The highest BCUT2D eigenvalue weighted by molar-refractivity contribution is 7.98. The number of thioether (sulfide) groups is 1. The molecule has 0 unspecified atom stereocenters. The number of esters is 1. The Morgan fingerprint density at radius 2 is 1.96 bits per heavy atom. The van der Waals surface area contributed by atoms with E-state index in [1.165, 1.54) is 30.0 Å². The molecule has 0 aliphatic heterocycles. The minimum atomic E-state index is -0.765. The molecule has 0 radical (unpaired) electrons. The minimum absolute atomic E-state index is 0.0429. The van der Waals surface area contributed by atoms with Crippen LogP contribution in [0.4, 0.5) is 5.69 Å². The minimum Gasteiger partial charge on any atom is -0.454 e. The van der Waals surface area contributed by atoms with Crippen molar-refractivity contribution < 1.29 is 19.2 Å². The fraction of sp³-hybridized carbons (Fsp3) is 0.333. The summed E-state index contributed by atoms with van der Waals surface area (Å²) < 4.78 is 7.06. The first-order valence-electron chi connectivity index (χ1n) is 7.99. The Hall–Kier alpha value is -2.61. The lowest BCUT2D eigenvalue weighted by atomic mass is 10.1. The topological polar surface area (TPSA) is 91.4 Å². The standard InChI is InChI=1S/C18H20N2O5S/c1-5-19-11(2)8-14(12(19)3)16(21)10-25-18(22)13-6-7-17(26-4)15(9-13)20(23)24/h6-9H,5,10H2,1-4H3. The van der Waals surface area contributed by atoms with Crippen LogP contribution in [0.15, 0.2) is 29.2 Å². The summed E-state index contributed by atoms with van der Waals surface area (Å²) >= 11 is 1.22. The van der Waals surface area contributed by atoms with E-state index in [4.69, 9.17) is 4.74 Å². The van der Waals surface area contributed by atoms with Crippen molar-refractivity contribution in [1.82, 2.24) is 4.57 Å². The zero-order valence-electron chi connectivity index (χ0n) is 15.1. The molecule has 1 aromatic heterocycles. The zero-order chi connectivity index (χ0) is 19.4. The van der Waals surface area contributed by atoms with Crippen molar-refractivity contribution in [2.24, 2.45) is 0 Å². The third kappa shape index (κ3) is 3.96. The first kappa shape index (κ1) is 19.7. The van der Waals surface area contributed by atoms with E-state index in [2.05, 4.69) is 0 Å². The van der Waals surface area contributed by atoms with Crippen LogP contribution in [0.1, 0.15) is 39.0 Å². The maximum atomic E-state index is 12.4. The fourth-order valence-electron chi connectivity index (χ4n) is 2.82. The van der Waals surface area contributed by atoms with Gasteiger partial charge in [-0.05, 0) is 45.2 Å². The molecule has 0 atom stereocenters. The predicted octanol–water partition coefficient (Wildman–Crippen LogP) is 3.79. The summed E-state index contributed by atoms with van der Waals surface area (Å²) in [5.41, 5.74) is 2.18. The third-order valence-corrected chi connectivity index (χ3v) is 4.92. The van der Waals surface area contributed by atoms with Crippen molar-refractivity contribution in [1.29, 1.82) is 0 Å². The van der Waals surface area contributed by atoms with Gasteiger partial charge in [0.25, 0.3) is 5.69 Å². The summed E-state index contributed by atoms with van der Waals surface area (Å²) in [5.74, 6) is -1.07. The number of nitro benzene ring substituents is 1. The molecule has 8 heteroatoms. The van der Waals surface area contributed by atoms with Crippen LogP contribution in [-0.4, -0.2) is 34.1 Å². The second-order valence-electron chi connectivity index (χ2n) is 5.67. The fourth-order valence-corrected chi connectivity index (χ4v) is 3.37. The quantitative estimate of drug-likeness (QED) is 0.240. The lowest BCUT2D eigenvalue weighted by Crippen LogP contribution is -2.15. The van der Waals surface area contributed by atoms with Crippen LogP contribution < -0.4 is 0 Å². The van der Waals surface area contributed by atoms with E-state index in [1.54, 1.807) is 12.3 Å². The largest absolute Gasteiger partial charge is 0.454 e. The van der Waals surface area contributed by atoms with Crippen molar-refractivity contribution in [3.63, 3.8) is 0 Å². The number of carbonyl (C=O) groups excluding carboxylic acids is 2. The molecule has 7 nitrogen and oxygen atoms in total. The molecule has 26 heavy (non-hydrogen) atoms. The van der Waals surface area contributed by atoms with Gasteiger partial charge in [0.2, 0.25) is 5.78 Å². The van der Waals surface area contributed by atoms with Gasteiger partial charge in [0.05, 0.1) is 15.4 Å². The molecule has 0 aliphatic rings. The van der Waals surface area contributed by atoms with Crippen LogP contribution in [0.25, 0.3) is 0 Å². The summed E-state index contributed by atoms with van der Waals surface area (Å²) in [6.45, 7) is 6.07. The van der Waals surface area contributed by atoms with E-state index < -0.39 is 17.5 Å². The Bertz CT molecular complexity index is 873. The molecule has 0 bridgehead atoms. The molecule has 2 rings (SSSR count). The molecule has 0 fully saturated rings. The second-order valence-corrected chi connectivity index (χ2v) is 6.52. The van der Waals surface area contributed by atoms with E-state index in [9.17, 15) is 19.7 Å². The van der Waals surface area contributed by atoms with E-state index in [-0.39, 0.29) is 17.0 Å². The maximum absolute atomic E-state index is 12.4. The number of aryl methyl sites for hydroxylation is 1. The Morgan fingerprint density at radius 1 is 1.27 bits per heavy atom. The number of ketones is 1. The molecule has 0 saturated carbocycles. The van der Waals surface area contributed by atoms with Crippen molar-refractivity contribution in [3.8, 4) is 0 Å². The van der Waals surface area contributed by atoms with Crippen molar-refractivity contribution in [3.05, 3.63) is 56.9 Å². The van der Waals surface area contributed by atoms with E-state index in [1.807, 2.05) is 25.3 Å². The van der Waals surface area contributed by atoms with E-state index in [0.29, 0.717) is 10.5 Å². The first-order valence-corrected chi connectivity index (χ1v) is 9.22. The highest BCUT2D eigenvalue weighted by Crippen LogP contribution is 2.28. The molecule has 2 aromatic rings. The van der Waals surface area contributed by atoms with Gasteiger partial charge in [-0.15, -0.1) is 11.8 Å². The number of ether oxygens (including phenoxy) is 1. The molecule has 0 spiro atoms. The summed E-state index contributed by atoms with van der Waals surface area (Å²) in [5, 5.41) is 11.1. The lowest BCUT2D eigenvalue weighted by molar-refractivity contribution is -0.387. The third-order valence-electron chi connectivity index (χ3n) is 4.14. The molecule has 0 aliphatic carbocycles. The molecule has 1 aromatic carbocycles. The normalized spacial score (nSPS) is 10.6. The van der Waals surface area contributed by atoms with Gasteiger partial charge in [-0.1, -0.05) is 0 Å². The van der Waals surface area contributed by atoms with Gasteiger partial charge >= 0.3 is 5.97 Å².